The Morgan fingerprint density at radius 3 is 2.59 bits per heavy atom. The Hall–Kier alpha value is -3.58. The molecule has 0 aliphatic carbocycles. The van der Waals surface area contributed by atoms with Gasteiger partial charge in [0, 0.05) is 17.7 Å². The number of nitro groups is 1. The molecule has 0 saturated carbocycles. The Kier molecular flexibility index (Phi) is 4.96. The number of nitrogens with zero attached hydrogens (tertiary/aromatic N) is 5. The van der Waals surface area contributed by atoms with Crippen molar-refractivity contribution in [2.24, 2.45) is 9.50 Å². The molecule has 0 spiro atoms. The summed E-state index contributed by atoms with van der Waals surface area (Å²) in [4.78, 5) is 10.3. The first-order valence-electron chi connectivity index (χ1n) is 7.79. The molecule has 27 heavy (non-hydrogen) atoms. The van der Waals surface area contributed by atoms with E-state index >= 15 is 0 Å². The number of sulfonamides is 1. The maximum absolute atomic E-state index is 12.2. The van der Waals surface area contributed by atoms with Gasteiger partial charge in [0.15, 0.2) is 5.84 Å². The van der Waals surface area contributed by atoms with Gasteiger partial charge in [0.25, 0.3) is 15.7 Å². The number of benzene rings is 2. The van der Waals surface area contributed by atoms with Crippen LogP contribution in [0.2, 0.25) is 0 Å². The van der Waals surface area contributed by atoms with Crippen LogP contribution < -0.4 is 0 Å². The molecule has 0 saturated heterocycles. The largest absolute Gasteiger partial charge is 0.285 e. The third-order valence-electron chi connectivity index (χ3n) is 3.74. The Labute approximate surface area is 155 Å². The molecule has 1 aliphatic rings. The highest BCUT2D eigenvalue weighted by Crippen LogP contribution is 2.27. The van der Waals surface area contributed by atoms with E-state index in [1.165, 1.54) is 41.6 Å². The molecule has 1 aliphatic heterocycles. The number of rotatable bonds is 5. The van der Waals surface area contributed by atoms with Gasteiger partial charge < -0.3 is 0 Å². The first-order chi connectivity index (χ1) is 12.9. The number of fused-ring (bicyclic) bond motifs is 1. The van der Waals surface area contributed by atoms with Crippen molar-refractivity contribution in [3.05, 3.63) is 69.8 Å². The third kappa shape index (κ3) is 3.83. The molecule has 1 heterocycles. The number of non-ortho nitro benzene ring substituents is 1. The number of hydrogen-bond acceptors (Lipinski definition) is 7. The minimum absolute atomic E-state index is 0.0475. The van der Waals surface area contributed by atoms with Gasteiger partial charge >= 0.3 is 0 Å². The normalized spacial score (nSPS) is 14.4. The smallest absolute Gasteiger partial charge is 0.258 e. The van der Waals surface area contributed by atoms with E-state index in [1.807, 2.05) is 6.07 Å². The SMILES string of the molecule is N#CCCN(/N=C\c1ccc([N+](=O)[O-])cc1)C1=NS(=O)(=O)c2ccccc21. The van der Waals surface area contributed by atoms with Crippen LogP contribution in [0.1, 0.15) is 17.5 Å². The van der Waals surface area contributed by atoms with Crippen LogP contribution in [-0.2, 0) is 10.0 Å². The Morgan fingerprint density at radius 1 is 1.22 bits per heavy atom. The second-order valence-corrected chi connectivity index (χ2v) is 7.08. The average Bonchev–Trinajstić information content (AvgIpc) is 2.94. The van der Waals surface area contributed by atoms with Crippen molar-refractivity contribution in [2.75, 3.05) is 6.54 Å². The minimum atomic E-state index is -3.81. The molecule has 0 unspecified atom stereocenters. The van der Waals surface area contributed by atoms with Crippen molar-refractivity contribution in [2.45, 2.75) is 11.3 Å². The molecule has 9 nitrogen and oxygen atoms in total. The minimum Gasteiger partial charge on any atom is -0.258 e. The van der Waals surface area contributed by atoms with Gasteiger partial charge in [-0.25, -0.2) is 5.01 Å². The fraction of sp³-hybridized carbons (Fsp3) is 0.118. The number of nitro benzene ring substituents is 1. The molecular weight excluding hydrogens is 370 g/mol. The summed E-state index contributed by atoms with van der Waals surface area (Å²) in [7, 11) is -3.81. The van der Waals surface area contributed by atoms with E-state index in [1.54, 1.807) is 18.2 Å². The summed E-state index contributed by atoms with van der Waals surface area (Å²) in [6.45, 7) is 0.142. The molecule has 3 rings (SSSR count). The van der Waals surface area contributed by atoms with Crippen LogP contribution in [0.25, 0.3) is 0 Å². The van der Waals surface area contributed by atoms with Crippen molar-refractivity contribution in [1.29, 1.82) is 5.26 Å². The highest BCUT2D eigenvalue weighted by Gasteiger charge is 2.31. The zero-order valence-electron chi connectivity index (χ0n) is 13.9. The summed E-state index contributed by atoms with van der Waals surface area (Å²) in [6.07, 6.45) is 1.54. The van der Waals surface area contributed by atoms with Crippen molar-refractivity contribution in [3.63, 3.8) is 0 Å². The van der Waals surface area contributed by atoms with Crippen LogP contribution in [0.4, 0.5) is 5.69 Å². The third-order valence-corrected chi connectivity index (χ3v) is 5.07. The van der Waals surface area contributed by atoms with Crippen LogP contribution in [0.3, 0.4) is 0 Å². The quantitative estimate of drug-likeness (QED) is 0.442. The molecule has 0 amide bonds. The molecule has 0 fully saturated rings. The van der Waals surface area contributed by atoms with Crippen molar-refractivity contribution >= 4 is 27.8 Å². The monoisotopic (exact) mass is 383 g/mol. The molecule has 136 valence electrons. The molecule has 0 aromatic heterocycles. The van der Waals surface area contributed by atoms with Crippen molar-refractivity contribution in [1.82, 2.24) is 5.01 Å². The van der Waals surface area contributed by atoms with E-state index in [0.717, 1.165) is 0 Å². The molecule has 0 atom stereocenters. The van der Waals surface area contributed by atoms with E-state index < -0.39 is 14.9 Å². The maximum atomic E-state index is 12.2. The van der Waals surface area contributed by atoms with Gasteiger partial charge in [-0.15, -0.1) is 4.40 Å². The van der Waals surface area contributed by atoms with E-state index in [4.69, 9.17) is 5.26 Å². The molecular formula is C17H13N5O4S. The highest BCUT2D eigenvalue weighted by atomic mass is 32.2. The van der Waals surface area contributed by atoms with Crippen LogP contribution in [0, 0.1) is 21.4 Å². The fourth-order valence-corrected chi connectivity index (χ4v) is 3.67. The van der Waals surface area contributed by atoms with Gasteiger partial charge in [0.2, 0.25) is 0 Å². The Morgan fingerprint density at radius 2 is 1.93 bits per heavy atom. The average molecular weight is 383 g/mol. The predicted octanol–water partition coefficient (Wildman–Crippen LogP) is 2.29. The summed E-state index contributed by atoms with van der Waals surface area (Å²) in [5.74, 6) is 0.138. The van der Waals surface area contributed by atoms with Gasteiger partial charge in [0.05, 0.1) is 30.2 Å². The molecule has 10 heteroatoms. The van der Waals surface area contributed by atoms with Gasteiger partial charge in [0.1, 0.15) is 4.90 Å². The molecule has 2 aromatic carbocycles. The first-order valence-corrected chi connectivity index (χ1v) is 9.24. The van der Waals surface area contributed by atoms with Gasteiger partial charge in [-0.2, -0.15) is 18.8 Å². The van der Waals surface area contributed by atoms with Gasteiger partial charge in [-0.1, -0.05) is 12.1 Å². The maximum Gasteiger partial charge on any atom is 0.285 e. The standard InChI is InChI=1S/C17H13N5O4S/c18-10-3-11-21(19-12-13-6-8-14(9-7-13)22(23)24)17-15-4-1-2-5-16(15)27(25,26)20-17/h1-2,4-9,12H,3,11H2/b19-12-. The van der Waals surface area contributed by atoms with E-state index in [2.05, 4.69) is 9.50 Å². The molecule has 2 aromatic rings. The van der Waals surface area contributed by atoms with Crippen LogP contribution >= 0.6 is 0 Å². The number of amidine groups is 1. The van der Waals surface area contributed by atoms with E-state index in [0.29, 0.717) is 11.1 Å². The van der Waals surface area contributed by atoms with Gasteiger partial charge in [-0.05, 0) is 29.8 Å². The van der Waals surface area contributed by atoms with Crippen LogP contribution in [0.15, 0.2) is 62.9 Å². The lowest BCUT2D eigenvalue weighted by Gasteiger charge is -2.17. The fourth-order valence-electron chi connectivity index (χ4n) is 2.47. The zero-order chi connectivity index (χ0) is 19.4. The molecule has 0 bridgehead atoms. The van der Waals surface area contributed by atoms with Crippen LogP contribution in [-0.4, -0.2) is 36.9 Å². The summed E-state index contributed by atoms with van der Waals surface area (Å²) < 4.78 is 28.2. The number of hydrazone groups is 1. The second kappa shape index (κ2) is 7.35. The summed E-state index contributed by atoms with van der Waals surface area (Å²) in [5, 5.41) is 25.2. The number of hydrogen-bond donors (Lipinski definition) is 0. The zero-order valence-corrected chi connectivity index (χ0v) is 14.7. The molecule has 0 radical (unpaired) electrons. The number of nitriles is 1. The lowest BCUT2D eigenvalue weighted by Crippen LogP contribution is -2.27. The van der Waals surface area contributed by atoms with Crippen LogP contribution in [0.5, 0.6) is 0 Å². The summed E-state index contributed by atoms with van der Waals surface area (Å²) >= 11 is 0. The highest BCUT2D eigenvalue weighted by molar-refractivity contribution is 7.90. The summed E-state index contributed by atoms with van der Waals surface area (Å²) in [5.41, 5.74) is 0.947. The van der Waals surface area contributed by atoms with E-state index in [9.17, 15) is 18.5 Å². The topological polar surface area (TPSA) is 129 Å². The lowest BCUT2D eigenvalue weighted by atomic mass is 10.2. The first kappa shape index (κ1) is 18.2. The predicted molar refractivity (Wildman–Crippen MR) is 97.8 cm³/mol. The van der Waals surface area contributed by atoms with Crippen molar-refractivity contribution < 1.29 is 13.3 Å². The molecule has 0 N–H and O–H groups in total. The second-order valence-electron chi connectivity index (χ2n) is 5.51. The Balaban J connectivity index is 1.93. The Bertz CT molecular complexity index is 1090. The lowest BCUT2D eigenvalue weighted by molar-refractivity contribution is -0.384. The van der Waals surface area contributed by atoms with Gasteiger partial charge in [-0.3, -0.25) is 10.1 Å². The van der Waals surface area contributed by atoms with Crippen molar-refractivity contribution in [3.8, 4) is 6.07 Å². The van der Waals surface area contributed by atoms with E-state index in [-0.39, 0.29) is 29.4 Å². The summed E-state index contributed by atoms with van der Waals surface area (Å²) in [6, 6.07) is 14.1.